The molecule has 1 aliphatic rings. The van der Waals surface area contributed by atoms with Gasteiger partial charge in [-0.25, -0.2) is 0 Å². The number of hydrogen-bond acceptors (Lipinski definition) is 6. The van der Waals surface area contributed by atoms with Gasteiger partial charge in [0.1, 0.15) is 22.9 Å². The third-order valence-corrected chi connectivity index (χ3v) is 7.39. The van der Waals surface area contributed by atoms with Crippen LogP contribution >= 0.6 is 11.6 Å². The van der Waals surface area contributed by atoms with E-state index in [1.807, 2.05) is 49.4 Å². The highest BCUT2D eigenvalue weighted by atomic mass is 35.5. The molecule has 5 rings (SSSR count). The van der Waals surface area contributed by atoms with Crippen molar-refractivity contribution in [1.29, 1.82) is 0 Å². The number of carbonyl (C=O) groups is 1. The molecule has 1 amide bonds. The van der Waals surface area contributed by atoms with E-state index in [4.69, 9.17) is 25.8 Å². The number of carbonyl (C=O) groups excluding carboxylic acids is 1. The van der Waals surface area contributed by atoms with Crippen molar-refractivity contribution < 1.29 is 24.1 Å². The average molecular weight is 562 g/mol. The minimum Gasteiger partial charge on any atom is -0.507 e. The zero-order valence-corrected chi connectivity index (χ0v) is 23.9. The first-order valence-corrected chi connectivity index (χ1v) is 13.4. The van der Waals surface area contributed by atoms with Crippen LogP contribution in [0.3, 0.4) is 0 Å². The molecule has 0 radical (unpaired) electrons. The Bertz CT molecular complexity index is 1550. The number of phenolic OH excluding ortho intramolecular Hbond substituents is 1. The number of aryl methyl sites for hydroxylation is 1. The Hall–Kier alpha value is -4.17. The number of benzene rings is 3. The number of nitrogens with zero attached hydrogens (tertiary/aromatic N) is 2. The van der Waals surface area contributed by atoms with Crippen LogP contribution in [0.2, 0.25) is 5.02 Å². The molecule has 0 saturated carbocycles. The van der Waals surface area contributed by atoms with Gasteiger partial charge in [0.2, 0.25) is 0 Å². The molecule has 0 bridgehead atoms. The summed E-state index contributed by atoms with van der Waals surface area (Å²) in [6, 6.07) is 16.1. The predicted molar refractivity (Wildman–Crippen MR) is 153 cm³/mol. The molecule has 0 fully saturated rings. The van der Waals surface area contributed by atoms with E-state index in [-0.39, 0.29) is 11.7 Å². The first kappa shape index (κ1) is 27.4. The Morgan fingerprint density at radius 2 is 1.80 bits per heavy atom. The molecular weight excluding hydrogens is 530 g/mol. The molecule has 208 valence electrons. The largest absolute Gasteiger partial charge is 0.507 e. The Morgan fingerprint density at radius 3 is 2.48 bits per heavy atom. The maximum absolute atomic E-state index is 13.8. The lowest BCUT2D eigenvalue weighted by Gasteiger charge is -2.27. The molecule has 2 heterocycles. The summed E-state index contributed by atoms with van der Waals surface area (Å²) in [6.07, 6.45) is 0. The summed E-state index contributed by atoms with van der Waals surface area (Å²) in [6.45, 7) is 6.86. The first-order valence-electron chi connectivity index (χ1n) is 13.0. The van der Waals surface area contributed by atoms with Crippen molar-refractivity contribution in [3.05, 3.63) is 87.6 Å². The smallest absolute Gasteiger partial charge is 0.273 e. The number of amides is 1. The van der Waals surface area contributed by atoms with Crippen molar-refractivity contribution in [2.75, 3.05) is 20.8 Å². The summed E-state index contributed by atoms with van der Waals surface area (Å²) in [4.78, 5) is 15.6. The van der Waals surface area contributed by atoms with Crippen molar-refractivity contribution in [3.8, 4) is 34.3 Å². The van der Waals surface area contributed by atoms with Crippen LogP contribution in [0.5, 0.6) is 23.0 Å². The van der Waals surface area contributed by atoms with Gasteiger partial charge < -0.3 is 24.2 Å². The number of methoxy groups -OCH3 is 2. The van der Waals surface area contributed by atoms with Gasteiger partial charge in [0.25, 0.3) is 5.91 Å². The third kappa shape index (κ3) is 5.07. The maximum Gasteiger partial charge on any atom is 0.273 e. The van der Waals surface area contributed by atoms with Gasteiger partial charge in [-0.15, -0.1) is 0 Å². The number of fused-ring (bicyclic) bond motifs is 1. The van der Waals surface area contributed by atoms with Crippen molar-refractivity contribution in [3.63, 3.8) is 0 Å². The molecule has 40 heavy (non-hydrogen) atoms. The van der Waals surface area contributed by atoms with E-state index in [2.05, 4.69) is 24.0 Å². The number of rotatable bonds is 9. The van der Waals surface area contributed by atoms with Crippen LogP contribution in [0.15, 0.2) is 54.6 Å². The van der Waals surface area contributed by atoms with Gasteiger partial charge in [-0.3, -0.25) is 9.89 Å². The lowest BCUT2D eigenvalue weighted by atomic mass is 9.94. The number of aromatic nitrogens is 2. The third-order valence-electron chi connectivity index (χ3n) is 6.98. The summed E-state index contributed by atoms with van der Waals surface area (Å²) in [5, 5.41) is 18.8. The first-order chi connectivity index (χ1) is 19.2. The van der Waals surface area contributed by atoms with Crippen LogP contribution < -0.4 is 14.2 Å². The SMILES string of the molecule is COc1ccc(CN2C(=O)c3[nH]nc(-c4cc(Cl)c(C)cc4O)c3C2c2ccc(OCC(C)C)c(OC)c2)cc1. The second-order valence-electron chi connectivity index (χ2n) is 10.3. The molecule has 0 aliphatic carbocycles. The number of halogens is 1. The highest BCUT2D eigenvalue weighted by molar-refractivity contribution is 6.31. The Morgan fingerprint density at radius 1 is 1.05 bits per heavy atom. The fraction of sp³-hybridized carbons (Fsp3) is 0.290. The number of H-pyrrole nitrogens is 1. The van der Waals surface area contributed by atoms with E-state index in [1.54, 1.807) is 31.3 Å². The normalized spacial score (nSPS) is 14.5. The average Bonchev–Trinajstić information content (AvgIpc) is 3.48. The van der Waals surface area contributed by atoms with Gasteiger partial charge in [-0.2, -0.15) is 5.10 Å². The van der Waals surface area contributed by atoms with Gasteiger partial charge in [0.15, 0.2) is 11.5 Å². The summed E-state index contributed by atoms with van der Waals surface area (Å²) < 4.78 is 17.0. The second kappa shape index (κ2) is 11.1. The summed E-state index contributed by atoms with van der Waals surface area (Å²) >= 11 is 6.44. The van der Waals surface area contributed by atoms with Crippen molar-refractivity contribution in [2.45, 2.75) is 33.4 Å². The Labute approximate surface area is 238 Å². The number of ether oxygens (including phenoxy) is 3. The van der Waals surface area contributed by atoms with Crippen molar-refractivity contribution in [1.82, 2.24) is 15.1 Å². The van der Waals surface area contributed by atoms with Gasteiger partial charge in [0, 0.05) is 22.7 Å². The molecule has 1 aliphatic heterocycles. The number of aromatic amines is 1. The molecule has 2 N–H and O–H groups in total. The maximum atomic E-state index is 13.8. The number of phenols is 1. The summed E-state index contributed by atoms with van der Waals surface area (Å²) in [7, 11) is 3.21. The van der Waals surface area contributed by atoms with E-state index in [0.717, 1.165) is 22.4 Å². The number of nitrogens with one attached hydrogen (secondary N) is 1. The molecule has 1 unspecified atom stereocenters. The van der Waals surface area contributed by atoms with Crippen molar-refractivity contribution >= 4 is 17.5 Å². The molecule has 0 saturated heterocycles. The number of aromatic hydroxyl groups is 1. The summed E-state index contributed by atoms with van der Waals surface area (Å²) in [5.74, 6) is 2.11. The molecule has 1 aromatic heterocycles. The predicted octanol–water partition coefficient (Wildman–Crippen LogP) is 6.54. The highest BCUT2D eigenvalue weighted by Crippen LogP contribution is 2.47. The fourth-order valence-electron chi connectivity index (χ4n) is 4.93. The Kier molecular flexibility index (Phi) is 7.63. The number of hydrogen-bond donors (Lipinski definition) is 2. The van der Waals surface area contributed by atoms with Crippen LogP contribution in [0.4, 0.5) is 0 Å². The summed E-state index contributed by atoms with van der Waals surface area (Å²) in [5.41, 5.74) is 4.42. The lowest BCUT2D eigenvalue weighted by molar-refractivity contribution is 0.0730. The van der Waals surface area contributed by atoms with Gasteiger partial charge in [-0.1, -0.05) is 43.6 Å². The van der Waals surface area contributed by atoms with Crippen LogP contribution in [-0.4, -0.2) is 46.9 Å². The second-order valence-corrected chi connectivity index (χ2v) is 10.7. The minimum atomic E-state index is -0.522. The molecule has 4 aromatic rings. The van der Waals surface area contributed by atoms with Crippen LogP contribution in [0.25, 0.3) is 11.3 Å². The molecule has 9 heteroatoms. The van der Waals surface area contributed by atoms with E-state index < -0.39 is 6.04 Å². The van der Waals surface area contributed by atoms with Gasteiger partial charge in [-0.05, 0) is 65.9 Å². The molecule has 3 aromatic carbocycles. The Balaban J connectivity index is 1.64. The zero-order chi connectivity index (χ0) is 28.6. The monoisotopic (exact) mass is 561 g/mol. The van der Waals surface area contributed by atoms with Crippen LogP contribution in [0, 0.1) is 12.8 Å². The van der Waals surface area contributed by atoms with Crippen molar-refractivity contribution in [2.24, 2.45) is 5.92 Å². The minimum absolute atomic E-state index is 0.0333. The van der Waals surface area contributed by atoms with E-state index in [1.165, 1.54) is 0 Å². The van der Waals surface area contributed by atoms with E-state index >= 15 is 0 Å². The van der Waals surface area contributed by atoms with E-state index in [9.17, 15) is 9.90 Å². The topological polar surface area (TPSA) is 96.9 Å². The van der Waals surface area contributed by atoms with Gasteiger partial charge >= 0.3 is 0 Å². The lowest BCUT2D eigenvalue weighted by Crippen LogP contribution is -2.29. The molecule has 8 nitrogen and oxygen atoms in total. The fourth-order valence-corrected chi connectivity index (χ4v) is 5.09. The standard InChI is InChI=1S/C31H32ClN3O5/c1-17(2)16-40-25-11-8-20(13-26(25)39-5)30-27-28(22-14-23(32)18(3)12-24(22)36)33-34-29(27)31(37)35(30)15-19-6-9-21(38-4)10-7-19/h6-14,17,30,36H,15-16H2,1-5H3,(H,33,34). The van der Waals surface area contributed by atoms with Gasteiger partial charge in [0.05, 0.1) is 26.9 Å². The molecule has 1 atom stereocenters. The molecular formula is C31H32ClN3O5. The van der Waals surface area contributed by atoms with Crippen LogP contribution in [0.1, 0.15) is 52.6 Å². The highest BCUT2D eigenvalue weighted by Gasteiger charge is 2.43. The van der Waals surface area contributed by atoms with E-state index in [0.29, 0.717) is 58.1 Å². The molecule has 0 spiro atoms. The quantitative estimate of drug-likeness (QED) is 0.241. The van der Waals surface area contributed by atoms with Crippen LogP contribution in [-0.2, 0) is 6.54 Å². The zero-order valence-electron chi connectivity index (χ0n) is 23.1.